The fourth-order valence-corrected chi connectivity index (χ4v) is 2.34. The van der Waals surface area contributed by atoms with Gasteiger partial charge in [-0.15, -0.1) is 0 Å². The molecular weight excluding hydrogens is 232 g/mol. The Bertz CT molecular complexity index is 699. The second-order valence-electron chi connectivity index (χ2n) is 4.49. The number of fused-ring (bicyclic) bond motifs is 1. The molecule has 0 spiro atoms. The molecule has 2 aromatic carbocycles. The summed E-state index contributed by atoms with van der Waals surface area (Å²) in [5.41, 5.74) is 3.30. The summed E-state index contributed by atoms with van der Waals surface area (Å²) in [4.78, 5) is 4.50. The van der Waals surface area contributed by atoms with E-state index in [9.17, 15) is 0 Å². The van der Waals surface area contributed by atoms with E-state index >= 15 is 0 Å². The predicted octanol–water partition coefficient (Wildman–Crippen LogP) is 4.33. The first-order valence-corrected chi connectivity index (χ1v) is 6.56. The predicted molar refractivity (Wildman–Crippen MR) is 81.3 cm³/mol. The monoisotopic (exact) mass is 248 g/mol. The summed E-state index contributed by atoms with van der Waals surface area (Å²) in [6.45, 7) is 3.01. The zero-order valence-corrected chi connectivity index (χ0v) is 10.9. The molecule has 19 heavy (non-hydrogen) atoms. The molecule has 0 aliphatic carbocycles. The van der Waals surface area contributed by atoms with Crippen LogP contribution in [0.4, 0.5) is 5.69 Å². The molecule has 0 saturated heterocycles. The molecule has 2 nitrogen and oxygen atoms in total. The van der Waals surface area contributed by atoms with E-state index in [-0.39, 0.29) is 0 Å². The lowest BCUT2D eigenvalue weighted by Gasteiger charge is -2.08. The van der Waals surface area contributed by atoms with Gasteiger partial charge in [0.15, 0.2) is 0 Å². The number of hydrogen-bond acceptors (Lipinski definition) is 2. The van der Waals surface area contributed by atoms with Gasteiger partial charge in [0.1, 0.15) is 0 Å². The lowest BCUT2D eigenvalue weighted by atomic mass is 10.0. The Morgan fingerprint density at radius 1 is 1.00 bits per heavy atom. The number of aromatic nitrogens is 1. The topological polar surface area (TPSA) is 24.9 Å². The van der Waals surface area contributed by atoms with Crippen LogP contribution in [0.1, 0.15) is 6.92 Å². The van der Waals surface area contributed by atoms with Crippen molar-refractivity contribution in [3.05, 3.63) is 60.8 Å². The average molecular weight is 248 g/mol. The first-order chi connectivity index (χ1) is 9.38. The minimum Gasteiger partial charge on any atom is -0.385 e. The molecule has 1 N–H and O–H groups in total. The highest BCUT2D eigenvalue weighted by molar-refractivity contribution is 5.96. The third-order valence-electron chi connectivity index (χ3n) is 3.21. The van der Waals surface area contributed by atoms with Crippen LogP contribution in [0.15, 0.2) is 60.8 Å². The summed E-state index contributed by atoms with van der Waals surface area (Å²) < 4.78 is 0. The van der Waals surface area contributed by atoms with E-state index in [1.807, 2.05) is 12.3 Å². The summed E-state index contributed by atoms with van der Waals surface area (Å²) in [7, 11) is 0. The summed E-state index contributed by atoms with van der Waals surface area (Å²) in [6.07, 6.45) is 1.86. The van der Waals surface area contributed by atoms with Crippen molar-refractivity contribution < 1.29 is 0 Å². The zero-order valence-electron chi connectivity index (χ0n) is 10.9. The maximum absolute atomic E-state index is 4.50. The van der Waals surface area contributed by atoms with Crippen LogP contribution in [0.2, 0.25) is 0 Å². The van der Waals surface area contributed by atoms with Crippen LogP contribution in [0.5, 0.6) is 0 Å². The van der Waals surface area contributed by atoms with Gasteiger partial charge >= 0.3 is 0 Å². The molecule has 3 rings (SSSR count). The molecule has 0 fully saturated rings. The number of rotatable bonds is 3. The maximum Gasteiger partial charge on any atom is 0.0728 e. The van der Waals surface area contributed by atoms with Crippen molar-refractivity contribution in [1.82, 2.24) is 4.98 Å². The van der Waals surface area contributed by atoms with Gasteiger partial charge in [-0.25, -0.2) is 0 Å². The van der Waals surface area contributed by atoms with E-state index in [1.165, 1.54) is 16.3 Å². The van der Waals surface area contributed by atoms with Crippen LogP contribution in [0.3, 0.4) is 0 Å². The van der Waals surface area contributed by atoms with E-state index in [0.29, 0.717) is 0 Å². The molecule has 1 aromatic heterocycles. The fraction of sp³-hybridized carbons (Fsp3) is 0.118. The highest BCUT2D eigenvalue weighted by Crippen LogP contribution is 2.28. The van der Waals surface area contributed by atoms with Crippen LogP contribution in [0, 0.1) is 0 Å². The molecule has 94 valence electrons. The van der Waals surface area contributed by atoms with Gasteiger partial charge < -0.3 is 5.32 Å². The molecule has 0 aliphatic rings. The van der Waals surface area contributed by atoms with Gasteiger partial charge in [-0.2, -0.15) is 0 Å². The SMILES string of the molecule is CCNc1ccnc(-c2cccc3ccccc23)c1. The molecular formula is C17H16N2. The molecule has 0 unspecified atom stereocenters. The van der Waals surface area contributed by atoms with Gasteiger partial charge in [-0.05, 0) is 29.8 Å². The standard InChI is InChI=1S/C17H16N2/c1-2-18-14-10-11-19-17(12-14)16-9-5-7-13-6-3-4-8-15(13)16/h3-12H,2H2,1H3,(H,18,19). The Labute approximate surface area is 113 Å². The van der Waals surface area contributed by atoms with E-state index in [2.05, 4.69) is 65.8 Å². The Morgan fingerprint density at radius 3 is 2.74 bits per heavy atom. The number of nitrogens with one attached hydrogen (secondary N) is 1. The van der Waals surface area contributed by atoms with Crippen molar-refractivity contribution >= 4 is 16.5 Å². The first kappa shape index (κ1) is 11.7. The number of benzene rings is 2. The lowest BCUT2D eigenvalue weighted by Crippen LogP contribution is -1.97. The molecule has 2 heteroatoms. The van der Waals surface area contributed by atoms with Crippen molar-refractivity contribution in [1.29, 1.82) is 0 Å². The van der Waals surface area contributed by atoms with Crippen molar-refractivity contribution in [2.75, 3.05) is 11.9 Å². The fourth-order valence-electron chi connectivity index (χ4n) is 2.34. The van der Waals surface area contributed by atoms with Crippen molar-refractivity contribution in [2.45, 2.75) is 6.92 Å². The Morgan fingerprint density at radius 2 is 1.84 bits per heavy atom. The van der Waals surface area contributed by atoms with Gasteiger partial charge in [0, 0.05) is 24.0 Å². The van der Waals surface area contributed by atoms with Crippen molar-refractivity contribution in [3.8, 4) is 11.3 Å². The highest BCUT2D eigenvalue weighted by Gasteiger charge is 2.04. The average Bonchev–Trinajstić information content (AvgIpc) is 2.47. The summed E-state index contributed by atoms with van der Waals surface area (Å²) in [5.74, 6) is 0. The Kier molecular flexibility index (Phi) is 3.15. The van der Waals surface area contributed by atoms with Crippen molar-refractivity contribution in [2.24, 2.45) is 0 Å². The zero-order chi connectivity index (χ0) is 13.1. The minimum atomic E-state index is 0.916. The summed E-state index contributed by atoms with van der Waals surface area (Å²) >= 11 is 0. The van der Waals surface area contributed by atoms with Crippen LogP contribution < -0.4 is 5.32 Å². The second-order valence-corrected chi connectivity index (χ2v) is 4.49. The molecule has 0 aliphatic heterocycles. The molecule has 0 bridgehead atoms. The first-order valence-electron chi connectivity index (χ1n) is 6.56. The number of pyridine rings is 1. The number of anilines is 1. The normalized spacial score (nSPS) is 10.6. The Hall–Kier alpha value is -2.35. The maximum atomic E-state index is 4.50. The van der Waals surface area contributed by atoms with Gasteiger partial charge in [-0.1, -0.05) is 42.5 Å². The van der Waals surface area contributed by atoms with Gasteiger partial charge in [0.25, 0.3) is 0 Å². The van der Waals surface area contributed by atoms with Gasteiger partial charge in [0.2, 0.25) is 0 Å². The lowest BCUT2D eigenvalue weighted by molar-refractivity contribution is 1.20. The summed E-state index contributed by atoms with van der Waals surface area (Å²) in [6, 6.07) is 18.9. The van der Waals surface area contributed by atoms with E-state index in [0.717, 1.165) is 17.9 Å². The summed E-state index contributed by atoms with van der Waals surface area (Å²) in [5, 5.41) is 5.81. The highest BCUT2D eigenvalue weighted by atomic mass is 14.9. The Balaban J connectivity index is 2.16. The quantitative estimate of drug-likeness (QED) is 0.746. The van der Waals surface area contributed by atoms with Crippen LogP contribution in [-0.4, -0.2) is 11.5 Å². The smallest absolute Gasteiger partial charge is 0.0728 e. The molecule has 3 aromatic rings. The van der Waals surface area contributed by atoms with E-state index in [4.69, 9.17) is 0 Å². The molecule has 0 saturated carbocycles. The van der Waals surface area contributed by atoms with Gasteiger partial charge in [-0.3, -0.25) is 4.98 Å². The molecule has 0 amide bonds. The minimum absolute atomic E-state index is 0.916. The second kappa shape index (κ2) is 5.11. The van der Waals surface area contributed by atoms with Gasteiger partial charge in [0.05, 0.1) is 5.69 Å². The molecule has 1 heterocycles. The molecule has 0 radical (unpaired) electrons. The molecule has 0 atom stereocenters. The van der Waals surface area contributed by atoms with E-state index in [1.54, 1.807) is 0 Å². The van der Waals surface area contributed by atoms with Crippen LogP contribution in [0.25, 0.3) is 22.0 Å². The number of hydrogen-bond donors (Lipinski definition) is 1. The third kappa shape index (κ3) is 2.29. The van der Waals surface area contributed by atoms with E-state index < -0.39 is 0 Å². The largest absolute Gasteiger partial charge is 0.385 e. The van der Waals surface area contributed by atoms with Crippen molar-refractivity contribution in [3.63, 3.8) is 0 Å². The third-order valence-corrected chi connectivity index (χ3v) is 3.21. The number of nitrogens with zero attached hydrogens (tertiary/aromatic N) is 1. The van der Waals surface area contributed by atoms with Crippen LogP contribution >= 0.6 is 0 Å². The van der Waals surface area contributed by atoms with Crippen LogP contribution in [-0.2, 0) is 0 Å².